The average molecular weight is 283 g/mol. The highest BCUT2D eigenvalue weighted by Gasteiger charge is 2.25. The lowest BCUT2D eigenvalue weighted by Crippen LogP contribution is -2.38. The Hall–Kier alpha value is -1.56. The molecular formula is C18H25N3. The molecule has 0 radical (unpaired) electrons. The predicted octanol–water partition coefficient (Wildman–Crippen LogP) is 3.99. The molecule has 1 aromatic rings. The van der Waals surface area contributed by atoms with Gasteiger partial charge in [-0.05, 0) is 57.1 Å². The van der Waals surface area contributed by atoms with Crippen LogP contribution in [0.1, 0.15) is 68.7 Å². The van der Waals surface area contributed by atoms with Gasteiger partial charge in [-0.2, -0.15) is 5.26 Å². The monoisotopic (exact) mass is 283 g/mol. The number of aryl methyl sites for hydroxylation is 2. The lowest BCUT2D eigenvalue weighted by Gasteiger charge is -2.35. The zero-order chi connectivity index (χ0) is 14.7. The first kappa shape index (κ1) is 14.4. The van der Waals surface area contributed by atoms with E-state index in [1.807, 2.05) is 0 Å². The lowest BCUT2D eigenvalue weighted by atomic mass is 9.92. The second kappa shape index (κ2) is 6.47. The summed E-state index contributed by atoms with van der Waals surface area (Å²) in [5.41, 5.74) is 3.33. The van der Waals surface area contributed by atoms with Crippen LogP contribution in [-0.4, -0.2) is 17.6 Å². The van der Waals surface area contributed by atoms with Crippen LogP contribution in [0.5, 0.6) is 0 Å². The summed E-state index contributed by atoms with van der Waals surface area (Å²) in [5, 5.41) is 9.55. The molecule has 1 heterocycles. The lowest BCUT2D eigenvalue weighted by molar-refractivity contribution is 0.416. The van der Waals surface area contributed by atoms with E-state index < -0.39 is 0 Å². The molecule has 112 valence electrons. The van der Waals surface area contributed by atoms with Gasteiger partial charge in [-0.15, -0.1) is 0 Å². The van der Waals surface area contributed by atoms with E-state index in [1.54, 1.807) is 0 Å². The Kier molecular flexibility index (Phi) is 4.43. The van der Waals surface area contributed by atoms with Gasteiger partial charge >= 0.3 is 0 Å². The van der Waals surface area contributed by atoms with Crippen molar-refractivity contribution in [1.29, 1.82) is 5.26 Å². The number of nitrogens with zero attached hydrogens (tertiary/aromatic N) is 3. The molecule has 3 rings (SSSR count). The van der Waals surface area contributed by atoms with E-state index in [-0.39, 0.29) is 0 Å². The number of hydrogen-bond acceptors (Lipinski definition) is 3. The molecule has 0 amide bonds. The van der Waals surface area contributed by atoms with Gasteiger partial charge in [0.2, 0.25) is 0 Å². The van der Waals surface area contributed by atoms with Crippen LogP contribution in [0.4, 0.5) is 5.82 Å². The topological polar surface area (TPSA) is 39.9 Å². The third-order valence-corrected chi connectivity index (χ3v) is 5.03. The van der Waals surface area contributed by atoms with Crippen LogP contribution in [-0.2, 0) is 12.8 Å². The van der Waals surface area contributed by atoms with Gasteiger partial charge in [0.25, 0.3) is 0 Å². The van der Waals surface area contributed by atoms with Crippen molar-refractivity contribution < 1.29 is 0 Å². The highest BCUT2D eigenvalue weighted by molar-refractivity contribution is 5.57. The molecule has 2 aliphatic carbocycles. The predicted molar refractivity (Wildman–Crippen MR) is 85.5 cm³/mol. The highest BCUT2D eigenvalue weighted by atomic mass is 15.2. The van der Waals surface area contributed by atoms with Crippen molar-refractivity contribution >= 4 is 5.82 Å². The van der Waals surface area contributed by atoms with Crippen LogP contribution in [0.25, 0.3) is 0 Å². The summed E-state index contributed by atoms with van der Waals surface area (Å²) in [5.74, 6) is 0.951. The molecule has 0 unspecified atom stereocenters. The Morgan fingerprint density at radius 1 is 1.19 bits per heavy atom. The fourth-order valence-corrected chi connectivity index (χ4v) is 3.90. The fraction of sp³-hybridized carbons (Fsp3) is 0.667. The van der Waals surface area contributed by atoms with Crippen molar-refractivity contribution in [3.05, 3.63) is 22.9 Å². The van der Waals surface area contributed by atoms with Crippen molar-refractivity contribution in [3.8, 4) is 6.07 Å². The van der Waals surface area contributed by atoms with E-state index in [0.717, 1.165) is 30.8 Å². The molecule has 1 aromatic heterocycles. The van der Waals surface area contributed by atoms with Crippen LogP contribution in [0.15, 0.2) is 6.07 Å². The van der Waals surface area contributed by atoms with Crippen LogP contribution >= 0.6 is 0 Å². The van der Waals surface area contributed by atoms with Crippen molar-refractivity contribution in [3.63, 3.8) is 0 Å². The second-order valence-electron chi connectivity index (χ2n) is 6.36. The molecule has 3 nitrogen and oxygen atoms in total. The molecule has 0 spiro atoms. The first-order valence-electron chi connectivity index (χ1n) is 8.53. The van der Waals surface area contributed by atoms with Gasteiger partial charge < -0.3 is 4.90 Å². The number of fused-ring (bicyclic) bond motifs is 1. The maximum Gasteiger partial charge on any atom is 0.147 e. The van der Waals surface area contributed by atoms with Gasteiger partial charge in [0.05, 0.1) is 5.56 Å². The number of aromatic nitrogens is 1. The summed E-state index contributed by atoms with van der Waals surface area (Å²) in [7, 11) is 0. The summed E-state index contributed by atoms with van der Waals surface area (Å²) >= 11 is 0. The Bertz CT molecular complexity index is 538. The SMILES string of the molecule is CCN(c1nc2c(cc1C#N)CCCC2)C1CCCCC1. The van der Waals surface area contributed by atoms with Gasteiger partial charge in [0, 0.05) is 18.3 Å². The van der Waals surface area contributed by atoms with E-state index in [1.165, 1.54) is 56.2 Å². The van der Waals surface area contributed by atoms with Crippen LogP contribution in [0.3, 0.4) is 0 Å². The Morgan fingerprint density at radius 2 is 1.95 bits per heavy atom. The van der Waals surface area contributed by atoms with E-state index in [9.17, 15) is 5.26 Å². The van der Waals surface area contributed by atoms with E-state index >= 15 is 0 Å². The second-order valence-corrected chi connectivity index (χ2v) is 6.36. The molecular weight excluding hydrogens is 258 g/mol. The van der Waals surface area contributed by atoms with Crippen molar-refractivity contribution in [2.75, 3.05) is 11.4 Å². The number of hydrogen-bond donors (Lipinski definition) is 0. The van der Waals surface area contributed by atoms with Gasteiger partial charge in [0.1, 0.15) is 11.9 Å². The highest BCUT2D eigenvalue weighted by Crippen LogP contribution is 2.31. The largest absolute Gasteiger partial charge is 0.353 e. The minimum atomic E-state index is 0.574. The average Bonchev–Trinajstić information content (AvgIpc) is 2.56. The standard InChI is InChI=1S/C18H25N3/c1-2-21(16-9-4-3-5-10-16)18-15(13-19)12-14-8-6-7-11-17(14)20-18/h12,16H,2-11H2,1H3. The van der Waals surface area contributed by atoms with Crippen molar-refractivity contribution in [2.45, 2.75) is 70.8 Å². The van der Waals surface area contributed by atoms with E-state index in [4.69, 9.17) is 4.98 Å². The summed E-state index contributed by atoms with van der Waals surface area (Å²) < 4.78 is 0. The molecule has 2 aliphatic rings. The number of rotatable bonds is 3. The molecule has 3 heteroatoms. The van der Waals surface area contributed by atoms with E-state index in [2.05, 4.69) is 24.0 Å². The van der Waals surface area contributed by atoms with Gasteiger partial charge in [-0.25, -0.2) is 4.98 Å². The summed E-state index contributed by atoms with van der Waals surface area (Å²) in [6.07, 6.45) is 11.1. The molecule has 21 heavy (non-hydrogen) atoms. The molecule has 0 aromatic carbocycles. The van der Waals surface area contributed by atoms with Crippen molar-refractivity contribution in [1.82, 2.24) is 4.98 Å². The fourth-order valence-electron chi connectivity index (χ4n) is 3.90. The Labute approximate surface area is 128 Å². The maximum absolute atomic E-state index is 9.55. The van der Waals surface area contributed by atoms with Crippen molar-refractivity contribution in [2.24, 2.45) is 0 Å². The number of anilines is 1. The van der Waals surface area contributed by atoms with Crippen LogP contribution in [0, 0.1) is 11.3 Å². The maximum atomic E-state index is 9.55. The van der Waals surface area contributed by atoms with Crippen LogP contribution < -0.4 is 4.90 Å². The van der Waals surface area contributed by atoms with Crippen LogP contribution in [0.2, 0.25) is 0 Å². The molecule has 1 saturated carbocycles. The smallest absolute Gasteiger partial charge is 0.147 e. The van der Waals surface area contributed by atoms with E-state index in [0.29, 0.717) is 6.04 Å². The first-order valence-corrected chi connectivity index (χ1v) is 8.53. The third kappa shape index (κ3) is 2.90. The molecule has 0 atom stereocenters. The summed E-state index contributed by atoms with van der Waals surface area (Å²) in [6, 6.07) is 5.08. The molecule has 1 fully saturated rings. The quantitative estimate of drug-likeness (QED) is 0.842. The summed E-state index contributed by atoms with van der Waals surface area (Å²) in [6.45, 7) is 3.14. The van der Waals surface area contributed by atoms with Gasteiger partial charge in [-0.1, -0.05) is 19.3 Å². The van der Waals surface area contributed by atoms with Gasteiger partial charge in [-0.3, -0.25) is 0 Å². The van der Waals surface area contributed by atoms with Gasteiger partial charge in [0.15, 0.2) is 0 Å². The molecule has 0 aliphatic heterocycles. The number of pyridine rings is 1. The zero-order valence-corrected chi connectivity index (χ0v) is 13.1. The summed E-state index contributed by atoms with van der Waals surface area (Å²) in [4.78, 5) is 7.33. The zero-order valence-electron chi connectivity index (χ0n) is 13.1. The normalized spacial score (nSPS) is 18.9. The molecule has 0 saturated heterocycles. The molecule has 0 N–H and O–H groups in total. The first-order chi connectivity index (χ1) is 10.3. The third-order valence-electron chi connectivity index (χ3n) is 5.03. The molecule has 0 bridgehead atoms. The Balaban J connectivity index is 1.96. The minimum Gasteiger partial charge on any atom is -0.353 e. The number of nitriles is 1. The Morgan fingerprint density at radius 3 is 2.67 bits per heavy atom. The minimum absolute atomic E-state index is 0.574.